The number of amides is 1. The standard InChI is InChI=1S/C18H22N2O4S2/c1-13(25-14-8-6-5-7-9-14)18(21)19-16-12-15(10-11-17(16)24-4)26(22,23)20(2)3/h5-13H,1-4H3,(H,19,21). The molecule has 1 N–H and O–H groups in total. The van der Waals surface area contributed by atoms with E-state index in [-0.39, 0.29) is 16.1 Å². The highest BCUT2D eigenvalue weighted by molar-refractivity contribution is 8.00. The number of nitrogens with one attached hydrogen (secondary N) is 1. The van der Waals surface area contributed by atoms with Crippen LogP contribution >= 0.6 is 11.8 Å². The topological polar surface area (TPSA) is 75.7 Å². The molecule has 0 saturated carbocycles. The van der Waals surface area contributed by atoms with E-state index in [4.69, 9.17) is 4.74 Å². The second-order valence-electron chi connectivity index (χ2n) is 5.71. The molecule has 140 valence electrons. The average Bonchev–Trinajstić information content (AvgIpc) is 2.62. The minimum absolute atomic E-state index is 0.0852. The lowest BCUT2D eigenvalue weighted by Crippen LogP contribution is -2.24. The normalized spacial score (nSPS) is 12.7. The molecule has 0 fully saturated rings. The van der Waals surface area contributed by atoms with Crippen molar-refractivity contribution in [3.63, 3.8) is 0 Å². The molecule has 0 radical (unpaired) electrons. The molecule has 0 aromatic heterocycles. The highest BCUT2D eigenvalue weighted by Gasteiger charge is 2.21. The van der Waals surface area contributed by atoms with E-state index in [0.717, 1.165) is 9.20 Å². The van der Waals surface area contributed by atoms with Crippen molar-refractivity contribution in [2.24, 2.45) is 0 Å². The number of benzene rings is 2. The van der Waals surface area contributed by atoms with Crippen molar-refractivity contribution in [3.05, 3.63) is 48.5 Å². The molecule has 0 saturated heterocycles. The van der Waals surface area contributed by atoms with Gasteiger partial charge in [0.05, 0.1) is 22.9 Å². The summed E-state index contributed by atoms with van der Waals surface area (Å²) >= 11 is 1.42. The lowest BCUT2D eigenvalue weighted by molar-refractivity contribution is -0.115. The summed E-state index contributed by atoms with van der Waals surface area (Å²) in [6.07, 6.45) is 0. The maximum atomic E-state index is 12.5. The van der Waals surface area contributed by atoms with Crippen molar-refractivity contribution in [2.75, 3.05) is 26.5 Å². The van der Waals surface area contributed by atoms with Gasteiger partial charge in [-0.05, 0) is 37.3 Å². The molecular weight excluding hydrogens is 372 g/mol. The number of sulfonamides is 1. The molecule has 0 aliphatic carbocycles. The van der Waals surface area contributed by atoms with Gasteiger partial charge in [-0.15, -0.1) is 11.8 Å². The lowest BCUT2D eigenvalue weighted by Gasteiger charge is -2.17. The Bertz CT molecular complexity index is 868. The lowest BCUT2D eigenvalue weighted by atomic mass is 10.3. The summed E-state index contributed by atoms with van der Waals surface area (Å²) < 4.78 is 31.0. The number of anilines is 1. The van der Waals surface area contributed by atoms with Crippen molar-refractivity contribution in [2.45, 2.75) is 22.0 Å². The largest absolute Gasteiger partial charge is 0.495 e. The zero-order chi connectivity index (χ0) is 19.3. The van der Waals surface area contributed by atoms with Crippen LogP contribution in [0.25, 0.3) is 0 Å². The van der Waals surface area contributed by atoms with Crippen LogP contribution in [0.4, 0.5) is 5.69 Å². The molecule has 2 aromatic carbocycles. The van der Waals surface area contributed by atoms with E-state index < -0.39 is 10.0 Å². The Morgan fingerprint density at radius 2 is 1.81 bits per heavy atom. The highest BCUT2D eigenvalue weighted by Crippen LogP contribution is 2.30. The Morgan fingerprint density at radius 1 is 1.15 bits per heavy atom. The Kier molecular flexibility index (Phi) is 6.69. The minimum atomic E-state index is -3.61. The molecule has 0 bridgehead atoms. The molecule has 1 atom stereocenters. The molecular formula is C18H22N2O4S2. The van der Waals surface area contributed by atoms with Crippen molar-refractivity contribution >= 4 is 33.4 Å². The van der Waals surface area contributed by atoms with Crippen molar-refractivity contribution in [3.8, 4) is 5.75 Å². The minimum Gasteiger partial charge on any atom is -0.495 e. The summed E-state index contributed by atoms with van der Waals surface area (Å²) in [5, 5.41) is 2.40. The summed E-state index contributed by atoms with van der Waals surface area (Å²) in [4.78, 5) is 13.6. The summed E-state index contributed by atoms with van der Waals surface area (Å²) in [6.45, 7) is 1.79. The molecule has 1 unspecified atom stereocenters. The van der Waals surface area contributed by atoms with Crippen LogP contribution in [-0.4, -0.2) is 45.1 Å². The number of carbonyl (C=O) groups excluding carboxylic acids is 1. The number of thioether (sulfide) groups is 1. The number of rotatable bonds is 7. The third-order valence-corrected chi connectivity index (χ3v) is 6.56. The van der Waals surface area contributed by atoms with Gasteiger partial charge in [0, 0.05) is 19.0 Å². The highest BCUT2D eigenvalue weighted by atomic mass is 32.2. The smallest absolute Gasteiger partial charge is 0.242 e. The van der Waals surface area contributed by atoms with Gasteiger partial charge in [0.1, 0.15) is 5.75 Å². The van der Waals surface area contributed by atoms with Crippen molar-refractivity contribution in [1.82, 2.24) is 4.31 Å². The van der Waals surface area contributed by atoms with Gasteiger partial charge in [0.25, 0.3) is 0 Å². The Morgan fingerprint density at radius 3 is 2.38 bits per heavy atom. The number of ether oxygens (including phenoxy) is 1. The summed E-state index contributed by atoms with van der Waals surface area (Å²) in [5.41, 5.74) is 0.320. The molecule has 26 heavy (non-hydrogen) atoms. The number of nitrogens with zero attached hydrogens (tertiary/aromatic N) is 1. The van der Waals surface area contributed by atoms with E-state index in [0.29, 0.717) is 11.4 Å². The molecule has 8 heteroatoms. The fourth-order valence-electron chi connectivity index (χ4n) is 2.15. The number of hydrogen-bond acceptors (Lipinski definition) is 5. The monoisotopic (exact) mass is 394 g/mol. The van der Waals surface area contributed by atoms with Crippen LogP contribution in [-0.2, 0) is 14.8 Å². The van der Waals surface area contributed by atoms with Gasteiger partial charge >= 0.3 is 0 Å². The first-order valence-electron chi connectivity index (χ1n) is 7.89. The van der Waals surface area contributed by atoms with Gasteiger partial charge in [-0.3, -0.25) is 4.79 Å². The first kappa shape index (κ1) is 20.3. The van der Waals surface area contributed by atoms with E-state index in [9.17, 15) is 13.2 Å². The van der Waals surface area contributed by atoms with E-state index >= 15 is 0 Å². The second kappa shape index (κ2) is 8.57. The van der Waals surface area contributed by atoms with Crippen LogP contribution < -0.4 is 10.1 Å². The fraction of sp³-hybridized carbons (Fsp3) is 0.278. The van der Waals surface area contributed by atoms with E-state index in [1.54, 1.807) is 6.92 Å². The van der Waals surface area contributed by atoms with Crippen LogP contribution in [0.5, 0.6) is 5.75 Å². The van der Waals surface area contributed by atoms with Gasteiger partial charge in [0.2, 0.25) is 15.9 Å². The van der Waals surface area contributed by atoms with Gasteiger partial charge in [-0.25, -0.2) is 12.7 Å². The molecule has 0 aliphatic rings. The zero-order valence-corrected chi connectivity index (χ0v) is 16.7. The molecule has 0 spiro atoms. The van der Waals surface area contributed by atoms with Gasteiger partial charge in [0.15, 0.2) is 0 Å². The van der Waals surface area contributed by atoms with Crippen LogP contribution in [0.2, 0.25) is 0 Å². The van der Waals surface area contributed by atoms with Gasteiger partial charge in [-0.2, -0.15) is 0 Å². The molecule has 0 heterocycles. The predicted octanol–water partition coefficient (Wildman–Crippen LogP) is 3.06. The third kappa shape index (κ3) is 4.78. The van der Waals surface area contributed by atoms with E-state index in [1.165, 1.54) is 51.2 Å². The maximum Gasteiger partial charge on any atom is 0.242 e. The molecule has 1 amide bonds. The average molecular weight is 395 g/mol. The first-order valence-corrected chi connectivity index (χ1v) is 10.2. The van der Waals surface area contributed by atoms with Crippen LogP contribution in [0.15, 0.2) is 58.3 Å². The number of carbonyl (C=O) groups is 1. The predicted molar refractivity (Wildman–Crippen MR) is 104 cm³/mol. The van der Waals surface area contributed by atoms with Crippen LogP contribution in [0.3, 0.4) is 0 Å². The first-order chi connectivity index (χ1) is 12.3. The second-order valence-corrected chi connectivity index (χ2v) is 9.28. The fourth-order valence-corrected chi connectivity index (χ4v) is 3.96. The molecule has 0 aliphatic heterocycles. The van der Waals surface area contributed by atoms with Crippen molar-refractivity contribution < 1.29 is 17.9 Å². The van der Waals surface area contributed by atoms with Gasteiger partial charge in [-0.1, -0.05) is 18.2 Å². The SMILES string of the molecule is COc1ccc(S(=O)(=O)N(C)C)cc1NC(=O)C(C)Sc1ccccc1. The summed E-state index contributed by atoms with van der Waals surface area (Å²) in [7, 11) is 0.767. The third-order valence-electron chi connectivity index (χ3n) is 3.63. The van der Waals surface area contributed by atoms with Crippen LogP contribution in [0.1, 0.15) is 6.92 Å². The zero-order valence-electron chi connectivity index (χ0n) is 15.1. The quantitative estimate of drug-likeness (QED) is 0.731. The Balaban J connectivity index is 2.23. The number of hydrogen-bond donors (Lipinski definition) is 1. The molecule has 2 aromatic rings. The maximum absolute atomic E-state index is 12.5. The van der Waals surface area contributed by atoms with E-state index in [1.807, 2.05) is 30.3 Å². The van der Waals surface area contributed by atoms with Crippen LogP contribution in [0, 0.1) is 0 Å². The molecule has 6 nitrogen and oxygen atoms in total. The summed E-state index contributed by atoms with van der Waals surface area (Å²) in [6, 6.07) is 14.0. The molecule has 2 rings (SSSR count). The Hall–Kier alpha value is -2.03. The summed E-state index contributed by atoms with van der Waals surface area (Å²) in [5.74, 6) is 0.157. The van der Waals surface area contributed by atoms with E-state index in [2.05, 4.69) is 5.32 Å². The van der Waals surface area contributed by atoms with Crippen molar-refractivity contribution in [1.29, 1.82) is 0 Å². The van der Waals surface area contributed by atoms with Gasteiger partial charge < -0.3 is 10.1 Å². The number of methoxy groups -OCH3 is 1. The Labute approximate surface area is 158 Å².